The normalized spacial score (nSPS) is 23.4. The lowest BCUT2D eigenvalue weighted by Crippen LogP contribution is -2.40. The minimum absolute atomic E-state index is 0.00153. The van der Waals surface area contributed by atoms with Crippen molar-refractivity contribution in [2.75, 3.05) is 19.6 Å². The number of likely N-dealkylation sites (N-methyl/N-ethyl adjacent to an activating group) is 1. The molecule has 0 saturated heterocycles. The molecule has 4 heteroatoms. The molecule has 4 nitrogen and oxygen atoms in total. The van der Waals surface area contributed by atoms with Crippen molar-refractivity contribution in [3.63, 3.8) is 0 Å². The van der Waals surface area contributed by atoms with E-state index in [1.165, 1.54) is 0 Å². The first kappa shape index (κ1) is 12.0. The summed E-state index contributed by atoms with van der Waals surface area (Å²) >= 11 is 0. The van der Waals surface area contributed by atoms with E-state index >= 15 is 0 Å². The van der Waals surface area contributed by atoms with Gasteiger partial charge in [0, 0.05) is 19.0 Å². The molecule has 1 N–H and O–H groups in total. The van der Waals surface area contributed by atoms with Crippen LogP contribution in [0.4, 0.5) is 0 Å². The van der Waals surface area contributed by atoms with Crippen molar-refractivity contribution < 1.29 is 9.59 Å². The number of carbonyl (C=O) groups is 2. The van der Waals surface area contributed by atoms with Crippen LogP contribution in [0.3, 0.4) is 0 Å². The molecule has 0 radical (unpaired) electrons. The second-order valence-corrected chi connectivity index (χ2v) is 4.10. The molecule has 0 aromatic rings. The van der Waals surface area contributed by atoms with E-state index in [9.17, 15) is 9.59 Å². The summed E-state index contributed by atoms with van der Waals surface area (Å²) in [4.78, 5) is 24.7. The highest BCUT2D eigenvalue weighted by molar-refractivity contribution is 5.87. The summed E-state index contributed by atoms with van der Waals surface area (Å²) < 4.78 is 0. The van der Waals surface area contributed by atoms with E-state index in [-0.39, 0.29) is 24.3 Å². The van der Waals surface area contributed by atoms with Crippen LogP contribution < -0.4 is 5.32 Å². The maximum absolute atomic E-state index is 11.5. The molecule has 0 heterocycles. The first-order valence-corrected chi connectivity index (χ1v) is 5.65. The molecule has 1 saturated carbocycles. The van der Waals surface area contributed by atoms with Crippen molar-refractivity contribution in [3.8, 4) is 0 Å². The highest BCUT2D eigenvalue weighted by Crippen LogP contribution is 2.37. The maximum atomic E-state index is 11.5. The molecular formula is C11H20N2O2. The van der Waals surface area contributed by atoms with Gasteiger partial charge in [-0.25, -0.2) is 0 Å². The van der Waals surface area contributed by atoms with Crippen molar-refractivity contribution in [2.45, 2.75) is 27.2 Å². The van der Waals surface area contributed by atoms with Gasteiger partial charge in [0.2, 0.25) is 11.8 Å². The molecule has 86 valence electrons. The van der Waals surface area contributed by atoms with Gasteiger partial charge >= 0.3 is 0 Å². The molecule has 1 rings (SSSR count). The zero-order chi connectivity index (χ0) is 11.4. The molecule has 0 aromatic heterocycles. The largest absolute Gasteiger partial charge is 0.347 e. The zero-order valence-electron chi connectivity index (χ0n) is 9.75. The lowest BCUT2D eigenvalue weighted by Gasteiger charge is -2.18. The van der Waals surface area contributed by atoms with Gasteiger partial charge in [-0.2, -0.15) is 0 Å². The predicted molar refractivity (Wildman–Crippen MR) is 58.2 cm³/mol. The molecule has 0 aliphatic heterocycles. The summed E-state index contributed by atoms with van der Waals surface area (Å²) in [6.45, 7) is 7.47. The van der Waals surface area contributed by atoms with E-state index in [1.807, 2.05) is 13.8 Å². The summed E-state index contributed by atoms with van der Waals surface area (Å²) in [5.41, 5.74) is 0. The fraction of sp³-hybridized carbons (Fsp3) is 0.818. The Labute approximate surface area is 91.0 Å². The second kappa shape index (κ2) is 5.14. The maximum Gasteiger partial charge on any atom is 0.241 e. The Bertz CT molecular complexity index is 249. The first-order valence-electron chi connectivity index (χ1n) is 5.65. The van der Waals surface area contributed by atoms with Gasteiger partial charge in [-0.15, -0.1) is 0 Å². The quantitative estimate of drug-likeness (QED) is 0.726. The lowest BCUT2D eigenvalue weighted by molar-refractivity contribution is -0.132. The van der Waals surface area contributed by atoms with Crippen LogP contribution >= 0.6 is 0 Å². The molecule has 1 aliphatic rings. The first-order chi connectivity index (χ1) is 7.10. The van der Waals surface area contributed by atoms with Gasteiger partial charge in [-0.05, 0) is 26.2 Å². The fourth-order valence-corrected chi connectivity index (χ4v) is 1.67. The standard InChI is InChI=1S/C11H20N2O2/c1-4-13(5-2)10(14)7-12-11(15)9-6-8(9)3/h8-9H,4-7H2,1-3H3,(H,12,15)/t8-,9+/m0/s1. The number of amides is 2. The van der Waals surface area contributed by atoms with Crippen LogP contribution in [0.15, 0.2) is 0 Å². The van der Waals surface area contributed by atoms with Gasteiger partial charge in [0.25, 0.3) is 0 Å². The Hall–Kier alpha value is -1.06. The second-order valence-electron chi connectivity index (χ2n) is 4.10. The average molecular weight is 212 g/mol. The molecule has 0 spiro atoms. The van der Waals surface area contributed by atoms with Gasteiger partial charge in [0.05, 0.1) is 6.54 Å². The number of hydrogen-bond donors (Lipinski definition) is 1. The number of hydrogen-bond acceptors (Lipinski definition) is 2. The van der Waals surface area contributed by atoms with Crippen molar-refractivity contribution in [1.82, 2.24) is 10.2 Å². The van der Waals surface area contributed by atoms with Gasteiger partial charge in [0.15, 0.2) is 0 Å². The van der Waals surface area contributed by atoms with Crippen molar-refractivity contribution >= 4 is 11.8 Å². The summed E-state index contributed by atoms with van der Waals surface area (Å²) in [5, 5.41) is 2.69. The molecule has 0 unspecified atom stereocenters. The van der Waals surface area contributed by atoms with E-state index in [2.05, 4.69) is 12.2 Å². The van der Waals surface area contributed by atoms with Crippen LogP contribution in [0, 0.1) is 11.8 Å². The van der Waals surface area contributed by atoms with E-state index in [4.69, 9.17) is 0 Å². The summed E-state index contributed by atoms with van der Waals surface area (Å²) in [5.74, 6) is 0.674. The third-order valence-corrected chi connectivity index (χ3v) is 2.98. The van der Waals surface area contributed by atoms with Crippen LogP contribution in [0.25, 0.3) is 0 Å². The fourth-order valence-electron chi connectivity index (χ4n) is 1.67. The van der Waals surface area contributed by atoms with Crippen LogP contribution in [-0.2, 0) is 9.59 Å². The van der Waals surface area contributed by atoms with Crippen molar-refractivity contribution in [3.05, 3.63) is 0 Å². The van der Waals surface area contributed by atoms with E-state index in [1.54, 1.807) is 4.90 Å². The summed E-state index contributed by atoms with van der Waals surface area (Å²) in [6, 6.07) is 0. The molecule has 0 aromatic carbocycles. The predicted octanol–water partition coefficient (Wildman–Crippen LogP) is 0.627. The van der Waals surface area contributed by atoms with Gasteiger partial charge in [-0.3, -0.25) is 9.59 Å². The molecule has 2 amide bonds. The molecular weight excluding hydrogens is 192 g/mol. The van der Waals surface area contributed by atoms with Gasteiger partial charge < -0.3 is 10.2 Å². The molecule has 15 heavy (non-hydrogen) atoms. The SMILES string of the molecule is CCN(CC)C(=O)CNC(=O)[C@@H]1C[C@@H]1C. The Kier molecular flexibility index (Phi) is 4.12. The molecule has 1 fully saturated rings. The van der Waals surface area contributed by atoms with Crippen LogP contribution in [0.2, 0.25) is 0 Å². The number of nitrogens with one attached hydrogen (secondary N) is 1. The minimum atomic E-state index is 0.00153. The Morgan fingerprint density at radius 3 is 2.27 bits per heavy atom. The van der Waals surface area contributed by atoms with E-state index in [0.717, 1.165) is 6.42 Å². The summed E-state index contributed by atoms with van der Waals surface area (Å²) in [6.07, 6.45) is 0.964. The van der Waals surface area contributed by atoms with Crippen LogP contribution in [0.1, 0.15) is 27.2 Å². The van der Waals surface area contributed by atoms with Crippen LogP contribution in [-0.4, -0.2) is 36.3 Å². The molecule has 2 atom stereocenters. The van der Waals surface area contributed by atoms with Gasteiger partial charge in [-0.1, -0.05) is 6.92 Å². The zero-order valence-corrected chi connectivity index (χ0v) is 9.75. The van der Waals surface area contributed by atoms with Crippen molar-refractivity contribution in [1.29, 1.82) is 0 Å². The number of nitrogens with zero attached hydrogens (tertiary/aromatic N) is 1. The Balaban J connectivity index is 2.24. The molecule has 1 aliphatic carbocycles. The molecule has 0 bridgehead atoms. The Morgan fingerprint density at radius 2 is 1.87 bits per heavy atom. The lowest BCUT2D eigenvalue weighted by atomic mass is 10.3. The number of carbonyl (C=O) groups excluding carboxylic acids is 2. The Morgan fingerprint density at radius 1 is 1.33 bits per heavy atom. The minimum Gasteiger partial charge on any atom is -0.347 e. The van der Waals surface area contributed by atoms with E-state index in [0.29, 0.717) is 19.0 Å². The van der Waals surface area contributed by atoms with Crippen LogP contribution in [0.5, 0.6) is 0 Å². The number of rotatable bonds is 5. The third kappa shape index (κ3) is 3.22. The van der Waals surface area contributed by atoms with Crippen molar-refractivity contribution in [2.24, 2.45) is 11.8 Å². The third-order valence-electron chi connectivity index (χ3n) is 2.98. The highest BCUT2D eigenvalue weighted by atomic mass is 16.2. The average Bonchev–Trinajstić information content (AvgIpc) is 2.94. The smallest absolute Gasteiger partial charge is 0.241 e. The topological polar surface area (TPSA) is 49.4 Å². The monoisotopic (exact) mass is 212 g/mol. The van der Waals surface area contributed by atoms with Gasteiger partial charge in [0.1, 0.15) is 0 Å². The highest BCUT2D eigenvalue weighted by Gasteiger charge is 2.39. The van der Waals surface area contributed by atoms with E-state index < -0.39 is 0 Å². The summed E-state index contributed by atoms with van der Waals surface area (Å²) in [7, 11) is 0.